The molecule has 1 aromatic carbocycles. The maximum atomic E-state index is 13.6. The van der Waals surface area contributed by atoms with E-state index in [4.69, 9.17) is 5.10 Å². The second-order valence-corrected chi connectivity index (χ2v) is 12.4. The number of hydrogen-bond donors (Lipinski definition) is 0. The van der Waals surface area contributed by atoms with Gasteiger partial charge in [-0.15, -0.1) is 23.1 Å². The molecule has 8 heteroatoms. The molecule has 1 atom stereocenters. The molecule has 2 amide bonds. The number of hydrogen-bond acceptors (Lipinski definition) is 5. The van der Waals surface area contributed by atoms with Gasteiger partial charge < -0.3 is 4.90 Å². The zero-order valence-electron chi connectivity index (χ0n) is 20.8. The van der Waals surface area contributed by atoms with Gasteiger partial charge in [0.25, 0.3) is 0 Å². The van der Waals surface area contributed by atoms with Crippen LogP contribution in [0.2, 0.25) is 0 Å². The van der Waals surface area contributed by atoms with Crippen molar-refractivity contribution in [1.29, 1.82) is 0 Å². The van der Waals surface area contributed by atoms with Crippen LogP contribution in [-0.2, 0) is 15.0 Å². The van der Waals surface area contributed by atoms with Crippen molar-refractivity contribution in [2.75, 3.05) is 30.3 Å². The summed E-state index contributed by atoms with van der Waals surface area (Å²) in [4.78, 5) is 31.7. The molecule has 5 rings (SSSR count). The predicted molar refractivity (Wildman–Crippen MR) is 144 cm³/mol. The maximum absolute atomic E-state index is 13.6. The number of aromatic nitrogens is 2. The van der Waals surface area contributed by atoms with E-state index in [1.165, 1.54) is 4.88 Å². The highest BCUT2D eigenvalue weighted by Gasteiger charge is 2.40. The molecule has 35 heavy (non-hydrogen) atoms. The molecule has 2 aliphatic rings. The predicted octanol–water partition coefficient (Wildman–Crippen LogP) is 5.33. The van der Waals surface area contributed by atoms with Crippen molar-refractivity contribution < 1.29 is 9.59 Å². The summed E-state index contributed by atoms with van der Waals surface area (Å²) in [5.41, 5.74) is 3.79. The Morgan fingerprint density at radius 1 is 1.14 bits per heavy atom. The van der Waals surface area contributed by atoms with Gasteiger partial charge in [0.2, 0.25) is 11.8 Å². The molecule has 1 unspecified atom stereocenters. The summed E-state index contributed by atoms with van der Waals surface area (Å²) >= 11 is 3.34. The highest BCUT2D eigenvalue weighted by atomic mass is 32.2. The lowest BCUT2D eigenvalue weighted by atomic mass is 9.88. The number of amides is 2. The van der Waals surface area contributed by atoms with Crippen molar-refractivity contribution in [2.24, 2.45) is 0 Å². The first-order valence-corrected chi connectivity index (χ1v) is 14.1. The van der Waals surface area contributed by atoms with Crippen LogP contribution in [0.15, 0.2) is 41.8 Å². The highest BCUT2D eigenvalue weighted by molar-refractivity contribution is 8.00. The Labute approximate surface area is 215 Å². The Bertz CT molecular complexity index is 1240. The molecule has 0 aliphatic carbocycles. The first-order valence-electron chi connectivity index (χ1n) is 12.2. The van der Waals surface area contributed by atoms with Gasteiger partial charge in [-0.05, 0) is 48.9 Å². The summed E-state index contributed by atoms with van der Waals surface area (Å²) in [7, 11) is 0. The van der Waals surface area contributed by atoms with Crippen LogP contribution in [-0.4, -0.2) is 51.9 Å². The SMILES string of the molecule is Cc1cccc(-n2nc(C(C)(C)C)c3c2N(CC(=O)N2CCCC2)C(=O)CSC3c2cccs2)c1. The largest absolute Gasteiger partial charge is 0.341 e. The summed E-state index contributed by atoms with van der Waals surface area (Å²) in [5.74, 6) is 1.02. The minimum Gasteiger partial charge on any atom is -0.341 e. The van der Waals surface area contributed by atoms with Crippen molar-refractivity contribution in [3.63, 3.8) is 0 Å². The average molecular weight is 509 g/mol. The Morgan fingerprint density at radius 2 is 1.91 bits per heavy atom. The number of rotatable bonds is 4. The molecule has 2 aliphatic heterocycles. The Balaban J connectivity index is 1.74. The monoisotopic (exact) mass is 508 g/mol. The number of thiophene rings is 1. The normalized spacial score (nSPS) is 18.6. The standard InChI is InChI=1S/C27H32N4O2S2/c1-18-9-7-10-19(15-18)31-26-23(25(28-31)27(2,3)4)24(20-11-8-14-34-20)35-17-22(33)30(26)16-21(32)29-12-5-6-13-29/h7-11,14-15,24H,5-6,12-13,16-17H2,1-4H3. The van der Waals surface area contributed by atoms with Crippen molar-refractivity contribution >= 4 is 40.7 Å². The fourth-order valence-electron chi connectivity index (χ4n) is 4.88. The summed E-state index contributed by atoms with van der Waals surface area (Å²) in [6.45, 7) is 10.1. The van der Waals surface area contributed by atoms with Crippen LogP contribution in [0.3, 0.4) is 0 Å². The number of likely N-dealkylation sites (tertiary alicyclic amines) is 1. The Morgan fingerprint density at radius 3 is 2.57 bits per heavy atom. The second kappa shape index (κ2) is 9.47. The van der Waals surface area contributed by atoms with Crippen LogP contribution in [0.4, 0.5) is 5.82 Å². The molecule has 2 aromatic heterocycles. The van der Waals surface area contributed by atoms with Crippen LogP contribution in [0.25, 0.3) is 5.69 Å². The van der Waals surface area contributed by atoms with Crippen molar-refractivity contribution in [3.05, 3.63) is 63.5 Å². The topological polar surface area (TPSA) is 58.4 Å². The van der Waals surface area contributed by atoms with E-state index in [0.29, 0.717) is 5.75 Å². The van der Waals surface area contributed by atoms with Crippen molar-refractivity contribution in [1.82, 2.24) is 14.7 Å². The van der Waals surface area contributed by atoms with Gasteiger partial charge in [0.1, 0.15) is 12.4 Å². The van der Waals surface area contributed by atoms with Gasteiger partial charge in [0.05, 0.1) is 22.4 Å². The van der Waals surface area contributed by atoms with Gasteiger partial charge in [-0.25, -0.2) is 4.68 Å². The van der Waals surface area contributed by atoms with E-state index in [2.05, 4.69) is 57.3 Å². The van der Waals surface area contributed by atoms with Gasteiger partial charge in [0, 0.05) is 28.9 Å². The molecule has 184 valence electrons. The van der Waals surface area contributed by atoms with Crippen LogP contribution in [0, 0.1) is 6.92 Å². The lowest BCUT2D eigenvalue weighted by molar-refractivity contribution is -0.130. The number of carbonyl (C=O) groups excluding carboxylic acids is 2. The molecule has 0 bridgehead atoms. The first kappa shape index (κ1) is 24.1. The minimum atomic E-state index is -0.243. The molecule has 0 saturated carbocycles. The van der Waals surface area contributed by atoms with Gasteiger partial charge in [-0.3, -0.25) is 14.5 Å². The van der Waals surface area contributed by atoms with E-state index in [1.807, 2.05) is 21.7 Å². The molecule has 3 aromatic rings. The second-order valence-electron chi connectivity index (χ2n) is 10.4. The van der Waals surface area contributed by atoms with E-state index in [9.17, 15) is 9.59 Å². The number of anilines is 1. The molecular weight excluding hydrogens is 476 g/mol. The van der Waals surface area contributed by atoms with Crippen molar-refractivity contribution in [2.45, 2.75) is 51.2 Å². The Hall–Kier alpha value is -2.58. The van der Waals surface area contributed by atoms with E-state index >= 15 is 0 Å². The number of benzene rings is 1. The average Bonchev–Trinajstić information content (AvgIpc) is 3.57. The van der Waals surface area contributed by atoms with E-state index in [-0.39, 0.29) is 29.0 Å². The zero-order valence-corrected chi connectivity index (χ0v) is 22.4. The third-order valence-electron chi connectivity index (χ3n) is 6.60. The first-order chi connectivity index (χ1) is 16.7. The van der Waals surface area contributed by atoms with E-state index in [1.54, 1.807) is 28.0 Å². The van der Waals surface area contributed by atoms with E-state index < -0.39 is 0 Å². The fourth-order valence-corrected chi connectivity index (χ4v) is 7.06. The number of nitrogens with zero attached hydrogens (tertiary/aromatic N) is 4. The molecule has 0 spiro atoms. The molecule has 1 saturated heterocycles. The van der Waals surface area contributed by atoms with Crippen LogP contribution in [0.5, 0.6) is 0 Å². The lowest BCUT2D eigenvalue weighted by Gasteiger charge is -2.26. The number of fused-ring (bicyclic) bond motifs is 1. The quantitative estimate of drug-likeness (QED) is 0.478. The molecule has 0 N–H and O–H groups in total. The van der Waals surface area contributed by atoms with Gasteiger partial charge in [-0.1, -0.05) is 39.0 Å². The summed E-state index contributed by atoms with van der Waals surface area (Å²) in [6.07, 6.45) is 2.05. The van der Waals surface area contributed by atoms with E-state index in [0.717, 1.165) is 54.3 Å². The zero-order chi connectivity index (χ0) is 24.7. The summed E-state index contributed by atoms with van der Waals surface area (Å²) in [5, 5.41) is 7.22. The fraction of sp³-hybridized carbons (Fsp3) is 0.444. The van der Waals surface area contributed by atoms with Gasteiger partial charge >= 0.3 is 0 Å². The molecule has 4 heterocycles. The summed E-state index contributed by atoms with van der Waals surface area (Å²) in [6, 6.07) is 12.4. The summed E-state index contributed by atoms with van der Waals surface area (Å²) < 4.78 is 1.91. The highest BCUT2D eigenvalue weighted by Crippen LogP contribution is 2.49. The molecule has 6 nitrogen and oxygen atoms in total. The number of aryl methyl sites for hydroxylation is 1. The molecule has 0 radical (unpaired) electrons. The molecular formula is C27H32N4O2S2. The third kappa shape index (κ3) is 4.66. The Kier molecular flexibility index (Phi) is 6.53. The third-order valence-corrected chi connectivity index (χ3v) is 8.92. The van der Waals surface area contributed by atoms with Crippen LogP contribution >= 0.6 is 23.1 Å². The number of carbonyl (C=O) groups is 2. The number of thioether (sulfide) groups is 1. The van der Waals surface area contributed by atoms with Gasteiger partial charge in [-0.2, -0.15) is 5.10 Å². The lowest BCUT2D eigenvalue weighted by Crippen LogP contribution is -2.43. The van der Waals surface area contributed by atoms with Gasteiger partial charge in [0.15, 0.2) is 0 Å². The van der Waals surface area contributed by atoms with Crippen LogP contribution < -0.4 is 4.90 Å². The van der Waals surface area contributed by atoms with Crippen LogP contribution in [0.1, 0.15) is 60.6 Å². The smallest absolute Gasteiger partial charge is 0.242 e. The van der Waals surface area contributed by atoms with Crippen molar-refractivity contribution in [3.8, 4) is 5.69 Å². The maximum Gasteiger partial charge on any atom is 0.242 e. The molecule has 1 fully saturated rings. The minimum absolute atomic E-state index is 0.00988.